The smallest absolute Gasteiger partial charge is 0.387 e. The Kier molecular flexibility index (Phi) is 63.4. The highest BCUT2D eigenvalue weighted by atomic mass is 31.2. The van der Waals surface area contributed by atoms with E-state index in [9.17, 15) is 19.4 Å². The number of carbonyl (C=O) groups is 1. The van der Waals surface area contributed by atoms with E-state index in [4.69, 9.17) is 9.05 Å². The molecule has 0 aliphatic rings. The van der Waals surface area contributed by atoms with Crippen LogP contribution in [0.1, 0.15) is 316 Å². The van der Waals surface area contributed by atoms with E-state index in [0.717, 1.165) is 103 Å². The van der Waals surface area contributed by atoms with E-state index in [0.29, 0.717) is 17.4 Å². The topological polar surface area (TPSA) is 105 Å². The minimum absolute atomic E-state index is 0.0532. The fourth-order valence-corrected chi connectivity index (χ4v) is 11.0. The Hall–Kier alpha value is -2.84. The molecule has 8 nitrogen and oxygen atoms in total. The second-order valence-corrected chi connectivity index (χ2v) is 26.7. The van der Waals surface area contributed by atoms with Crippen LogP contribution in [0.2, 0.25) is 0 Å². The van der Waals surface area contributed by atoms with Crippen LogP contribution in [0.5, 0.6) is 0 Å². The molecule has 492 valence electrons. The van der Waals surface area contributed by atoms with Crippen LogP contribution < -0.4 is 5.32 Å². The zero-order valence-electron chi connectivity index (χ0n) is 56.3. The Balaban J connectivity index is 4.14. The van der Waals surface area contributed by atoms with Gasteiger partial charge in [0.15, 0.2) is 0 Å². The van der Waals surface area contributed by atoms with Gasteiger partial charge < -0.3 is 19.8 Å². The third-order valence-corrected chi connectivity index (χ3v) is 16.7. The third-order valence-electron chi connectivity index (χ3n) is 15.7. The van der Waals surface area contributed by atoms with Gasteiger partial charge in [-0.25, -0.2) is 4.57 Å². The van der Waals surface area contributed by atoms with Crippen molar-refractivity contribution in [1.82, 2.24) is 5.32 Å². The van der Waals surface area contributed by atoms with Crippen LogP contribution in [0, 0.1) is 0 Å². The molecule has 3 atom stereocenters. The van der Waals surface area contributed by atoms with E-state index in [-0.39, 0.29) is 19.1 Å². The van der Waals surface area contributed by atoms with Crippen LogP contribution in [0.3, 0.4) is 0 Å². The Labute approximate surface area is 527 Å². The number of phosphoric acid groups is 1. The highest BCUT2D eigenvalue weighted by molar-refractivity contribution is 7.47. The molecule has 0 saturated carbocycles. The summed E-state index contributed by atoms with van der Waals surface area (Å²) in [6.07, 6.45) is 96.7. The number of quaternary nitrogens is 1. The van der Waals surface area contributed by atoms with E-state index >= 15 is 0 Å². The number of hydrogen-bond donors (Lipinski definition) is 3. The van der Waals surface area contributed by atoms with Gasteiger partial charge >= 0.3 is 7.82 Å². The fourth-order valence-electron chi connectivity index (χ4n) is 10.2. The van der Waals surface area contributed by atoms with E-state index in [1.165, 1.54) is 193 Å². The molecule has 0 aromatic rings. The molecule has 3 unspecified atom stereocenters. The van der Waals surface area contributed by atoms with Crippen molar-refractivity contribution in [3.8, 4) is 0 Å². The number of unbranched alkanes of at least 4 members (excludes halogenated alkanes) is 36. The summed E-state index contributed by atoms with van der Waals surface area (Å²) in [5.74, 6) is -0.192. The van der Waals surface area contributed by atoms with Crippen molar-refractivity contribution in [2.45, 2.75) is 328 Å². The predicted molar refractivity (Wildman–Crippen MR) is 373 cm³/mol. The van der Waals surface area contributed by atoms with Gasteiger partial charge in [0.05, 0.1) is 39.9 Å². The first kappa shape index (κ1) is 82.2. The zero-order valence-corrected chi connectivity index (χ0v) is 57.2. The van der Waals surface area contributed by atoms with Gasteiger partial charge in [-0.3, -0.25) is 13.8 Å². The molecule has 9 heteroatoms. The van der Waals surface area contributed by atoms with Crippen LogP contribution in [0.4, 0.5) is 0 Å². The molecule has 1 amide bonds. The molecule has 0 fully saturated rings. The molecule has 3 N–H and O–H groups in total. The summed E-state index contributed by atoms with van der Waals surface area (Å²) in [6.45, 7) is 4.71. The number of nitrogens with one attached hydrogen (secondary N) is 1. The van der Waals surface area contributed by atoms with Crippen LogP contribution in [-0.4, -0.2) is 73.4 Å². The van der Waals surface area contributed by atoms with Crippen LogP contribution in [0.15, 0.2) is 109 Å². The minimum Gasteiger partial charge on any atom is -0.387 e. The Bertz CT molecular complexity index is 1760. The van der Waals surface area contributed by atoms with Gasteiger partial charge in [-0.2, -0.15) is 0 Å². The lowest BCUT2D eigenvalue weighted by molar-refractivity contribution is -0.870. The lowest BCUT2D eigenvalue weighted by Gasteiger charge is -2.25. The molecule has 0 aliphatic carbocycles. The molecular weight excluding hydrogens is 1070 g/mol. The van der Waals surface area contributed by atoms with Crippen LogP contribution in [0.25, 0.3) is 0 Å². The molecule has 0 saturated heterocycles. The normalized spacial score (nSPS) is 14.3. The molecule has 0 heterocycles. The second kappa shape index (κ2) is 65.6. The molecule has 85 heavy (non-hydrogen) atoms. The van der Waals surface area contributed by atoms with Crippen molar-refractivity contribution in [1.29, 1.82) is 0 Å². The van der Waals surface area contributed by atoms with Gasteiger partial charge in [-0.05, 0) is 83.5 Å². The predicted octanol–water partition coefficient (Wildman–Crippen LogP) is 23.1. The summed E-state index contributed by atoms with van der Waals surface area (Å²) in [6, 6.07) is -0.865. The standard InChI is InChI=1S/C76H137N2O6P/c1-6-8-10-12-14-16-18-20-22-24-26-28-30-32-34-36-38-40-41-43-45-47-49-51-53-55-57-59-61-63-65-67-69-75(79)74(73-84-85(81,82)83-72-71-78(3,4)5)77-76(80)70-68-66-64-62-60-58-56-54-52-50-48-46-44-42-39-37-35-33-31-29-27-25-23-21-19-17-15-13-11-9-7-2/h9,11,15,17,21,23,27,29,33,35,39,42,46,48,52,54,67,69,74-75,79H,6-8,10,12-14,16,18-20,22,24-26,28,30-32,34,36-38,40-41,43-45,47,49-51,53,55-66,68,70-73H2,1-5H3,(H-,77,80,81,82)/p+1/b11-9-,17-15-,23-21-,29-27-,35-33-,42-39-,48-46-,54-52-,69-67+. The summed E-state index contributed by atoms with van der Waals surface area (Å²) in [5, 5.41) is 14.0. The van der Waals surface area contributed by atoms with E-state index in [1.807, 2.05) is 27.2 Å². The third kappa shape index (κ3) is 68.5. The average Bonchev–Trinajstić information content (AvgIpc) is 3.49. The molecular formula is C76H138N2O6P+. The van der Waals surface area contributed by atoms with Gasteiger partial charge in [-0.1, -0.05) is 335 Å². The first-order valence-electron chi connectivity index (χ1n) is 35.8. The van der Waals surface area contributed by atoms with Gasteiger partial charge in [0.2, 0.25) is 5.91 Å². The Morgan fingerprint density at radius 1 is 0.412 bits per heavy atom. The first-order chi connectivity index (χ1) is 41.5. The lowest BCUT2D eigenvalue weighted by Crippen LogP contribution is -2.45. The van der Waals surface area contributed by atoms with E-state index < -0.39 is 20.0 Å². The number of rotatable bonds is 65. The number of allylic oxidation sites excluding steroid dienone is 17. The van der Waals surface area contributed by atoms with Crippen molar-refractivity contribution in [3.63, 3.8) is 0 Å². The number of nitrogens with zero attached hydrogens (tertiary/aromatic N) is 1. The van der Waals surface area contributed by atoms with E-state index in [1.54, 1.807) is 6.08 Å². The summed E-state index contributed by atoms with van der Waals surface area (Å²) in [4.78, 5) is 23.4. The minimum atomic E-state index is -4.37. The number of hydrogen-bond acceptors (Lipinski definition) is 5. The number of likely N-dealkylation sites (N-methyl/N-ethyl adjacent to an activating group) is 1. The molecule has 0 aromatic carbocycles. The maximum absolute atomic E-state index is 13.1. The largest absolute Gasteiger partial charge is 0.472 e. The van der Waals surface area contributed by atoms with Crippen molar-refractivity contribution in [2.24, 2.45) is 0 Å². The lowest BCUT2D eigenvalue weighted by atomic mass is 10.0. The maximum atomic E-state index is 13.1. The number of aliphatic hydroxyl groups excluding tert-OH is 1. The van der Waals surface area contributed by atoms with Crippen molar-refractivity contribution >= 4 is 13.7 Å². The maximum Gasteiger partial charge on any atom is 0.472 e. The average molecular weight is 1210 g/mol. The van der Waals surface area contributed by atoms with Gasteiger partial charge in [0.1, 0.15) is 13.2 Å². The van der Waals surface area contributed by atoms with Gasteiger partial charge in [0.25, 0.3) is 0 Å². The quantitative estimate of drug-likeness (QED) is 0.0243. The van der Waals surface area contributed by atoms with E-state index in [2.05, 4.69) is 116 Å². The number of amides is 1. The summed E-state index contributed by atoms with van der Waals surface area (Å²) in [7, 11) is 1.55. The molecule has 0 bridgehead atoms. The highest BCUT2D eigenvalue weighted by Crippen LogP contribution is 2.43. The van der Waals surface area contributed by atoms with Crippen LogP contribution >= 0.6 is 7.82 Å². The first-order valence-corrected chi connectivity index (χ1v) is 37.3. The van der Waals surface area contributed by atoms with Gasteiger partial charge in [0, 0.05) is 6.42 Å². The van der Waals surface area contributed by atoms with Crippen molar-refractivity contribution < 1.29 is 32.9 Å². The fraction of sp³-hybridized carbons (Fsp3) is 0.750. The summed E-state index contributed by atoms with van der Waals surface area (Å²) in [5.41, 5.74) is 0. The number of phosphoric ester groups is 1. The number of carbonyl (C=O) groups excluding carboxylic acids is 1. The van der Waals surface area contributed by atoms with Gasteiger partial charge in [-0.15, -0.1) is 0 Å². The molecule has 0 radical (unpaired) electrons. The molecule has 0 aliphatic heterocycles. The van der Waals surface area contributed by atoms with Crippen LogP contribution in [-0.2, 0) is 18.4 Å². The molecule has 0 aromatic heterocycles. The zero-order chi connectivity index (χ0) is 61.9. The highest BCUT2D eigenvalue weighted by Gasteiger charge is 2.28. The molecule has 0 spiro atoms. The molecule has 0 rings (SSSR count). The SMILES string of the molecule is CC/C=C\C/C=C\C/C=C\C/C=C\C/C=C\C/C=C\C/C=C\C/C=C\CCCCCCCCC(=O)NC(COP(=O)(O)OCC[N+](C)(C)C)C(O)/C=C/CCCCCCCCCCCCCCCCCCCCCCCCCCCCCCCC. The summed E-state index contributed by atoms with van der Waals surface area (Å²) >= 11 is 0. The Morgan fingerprint density at radius 2 is 0.706 bits per heavy atom. The monoisotopic (exact) mass is 1210 g/mol. The van der Waals surface area contributed by atoms with Crippen molar-refractivity contribution in [3.05, 3.63) is 109 Å². The summed E-state index contributed by atoms with van der Waals surface area (Å²) < 4.78 is 23.8. The number of aliphatic hydroxyl groups is 1. The van der Waals surface area contributed by atoms with Crippen molar-refractivity contribution in [2.75, 3.05) is 40.9 Å². The second-order valence-electron chi connectivity index (χ2n) is 25.2. The Morgan fingerprint density at radius 3 is 1.04 bits per heavy atom.